The predicted molar refractivity (Wildman–Crippen MR) is 119 cm³/mol. The Hall–Kier alpha value is -3.69. The fourth-order valence-electron chi connectivity index (χ4n) is 3.69. The summed E-state index contributed by atoms with van der Waals surface area (Å²) < 4.78 is 53.8. The second-order valence-electron chi connectivity index (χ2n) is 8.28. The first-order valence-corrected chi connectivity index (χ1v) is 10.7. The largest absolute Gasteiger partial charge is 0.416 e. The average molecular weight is 473 g/mol. The summed E-state index contributed by atoms with van der Waals surface area (Å²) in [6.07, 6.45) is -1.27. The lowest BCUT2D eigenvalue weighted by molar-refractivity contribution is -0.137. The molecule has 1 aliphatic carbocycles. The number of primary amides is 1. The van der Waals surface area contributed by atoms with Gasteiger partial charge in [-0.05, 0) is 47.6 Å². The molecule has 1 unspecified atom stereocenters. The minimum atomic E-state index is -4.41. The molecule has 0 aliphatic heterocycles. The zero-order chi connectivity index (χ0) is 24.3. The maximum atomic E-state index is 15.1. The molecule has 0 saturated heterocycles. The summed E-state index contributed by atoms with van der Waals surface area (Å²) >= 11 is 0. The van der Waals surface area contributed by atoms with E-state index < -0.39 is 23.5 Å². The Labute approximate surface area is 193 Å². The molecule has 10 heteroatoms. The van der Waals surface area contributed by atoms with Crippen molar-refractivity contribution in [3.8, 4) is 0 Å². The molecule has 4 rings (SSSR count). The Balaban J connectivity index is 1.46. The minimum absolute atomic E-state index is 0.000629. The number of anilines is 2. The van der Waals surface area contributed by atoms with E-state index in [2.05, 4.69) is 20.6 Å². The van der Waals surface area contributed by atoms with Crippen LogP contribution in [0, 0.1) is 11.7 Å². The number of carbonyl (C=O) groups excluding carboxylic acids is 1. The molecule has 1 heterocycles. The van der Waals surface area contributed by atoms with Crippen molar-refractivity contribution in [2.75, 3.05) is 10.6 Å². The molecule has 178 valence electrons. The van der Waals surface area contributed by atoms with Gasteiger partial charge in [0.1, 0.15) is 6.33 Å². The number of hydrogen-bond donors (Lipinski definition) is 3. The SMILES string of the molecule is NC(=O)Cc1ccc(CNc2ncnc(NC(c3ccc(C(F)(F)F)cc3)C3CC3)c2F)cc1. The lowest BCUT2D eigenvalue weighted by Gasteiger charge is -2.21. The van der Waals surface area contributed by atoms with Crippen molar-refractivity contribution in [1.29, 1.82) is 0 Å². The van der Waals surface area contributed by atoms with Crippen molar-refractivity contribution in [2.45, 2.75) is 38.0 Å². The molecule has 1 fully saturated rings. The first-order chi connectivity index (χ1) is 16.2. The molecule has 1 aromatic heterocycles. The van der Waals surface area contributed by atoms with E-state index in [1.54, 1.807) is 24.3 Å². The van der Waals surface area contributed by atoms with Crippen molar-refractivity contribution in [3.63, 3.8) is 0 Å². The molecule has 0 radical (unpaired) electrons. The maximum Gasteiger partial charge on any atom is 0.416 e. The number of carbonyl (C=O) groups is 1. The van der Waals surface area contributed by atoms with Crippen molar-refractivity contribution >= 4 is 17.5 Å². The average Bonchev–Trinajstić information content (AvgIpc) is 3.63. The zero-order valence-corrected chi connectivity index (χ0v) is 18.1. The minimum Gasteiger partial charge on any atom is -0.369 e. The van der Waals surface area contributed by atoms with Gasteiger partial charge in [0.15, 0.2) is 11.6 Å². The predicted octanol–water partition coefficient (Wildman–Crippen LogP) is 4.84. The van der Waals surface area contributed by atoms with Gasteiger partial charge in [0.2, 0.25) is 11.7 Å². The van der Waals surface area contributed by atoms with Crippen molar-refractivity contribution in [2.24, 2.45) is 11.7 Å². The summed E-state index contributed by atoms with van der Waals surface area (Å²) in [6, 6.07) is 11.7. The van der Waals surface area contributed by atoms with E-state index in [-0.39, 0.29) is 36.6 Å². The second-order valence-corrected chi connectivity index (χ2v) is 8.28. The number of alkyl halides is 3. The Morgan fingerprint density at radius 1 is 1.00 bits per heavy atom. The Morgan fingerprint density at radius 2 is 1.62 bits per heavy atom. The van der Waals surface area contributed by atoms with E-state index in [9.17, 15) is 18.0 Å². The third-order valence-corrected chi connectivity index (χ3v) is 5.63. The number of rotatable bonds is 9. The normalized spacial score (nSPS) is 14.5. The third kappa shape index (κ3) is 5.81. The van der Waals surface area contributed by atoms with Gasteiger partial charge < -0.3 is 16.4 Å². The molecule has 2 aromatic carbocycles. The van der Waals surface area contributed by atoms with Crippen LogP contribution in [0.3, 0.4) is 0 Å². The van der Waals surface area contributed by atoms with Gasteiger partial charge in [-0.15, -0.1) is 0 Å². The number of benzene rings is 2. The standard InChI is InChI=1S/C24H23F4N5O/c25-20-22(30-12-15-3-1-14(2-4-15)11-19(29)34)31-13-32-23(20)33-21(16-5-6-16)17-7-9-18(10-8-17)24(26,27)28/h1-4,7-10,13,16,21H,5-6,11-12H2,(H2,29,34)(H2,30,31,32,33). The van der Waals surface area contributed by atoms with Crippen LogP contribution in [0.2, 0.25) is 0 Å². The van der Waals surface area contributed by atoms with Crippen LogP contribution in [-0.4, -0.2) is 15.9 Å². The highest BCUT2D eigenvalue weighted by Crippen LogP contribution is 2.43. The van der Waals surface area contributed by atoms with E-state index in [1.165, 1.54) is 18.5 Å². The van der Waals surface area contributed by atoms with Crippen molar-refractivity contribution in [3.05, 3.63) is 82.9 Å². The fraction of sp³-hybridized carbons (Fsp3) is 0.292. The monoisotopic (exact) mass is 473 g/mol. The van der Waals surface area contributed by atoms with Crippen LogP contribution in [0.15, 0.2) is 54.9 Å². The molecule has 4 N–H and O–H groups in total. The molecule has 1 amide bonds. The second kappa shape index (κ2) is 9.66. The van der Waals surface area contributed by atoms with Crippen LogP contribution in [-0.2, 0) is 23.9 Å². The van der Waals surface area contributed by atoms with Crippen LogP contribution in [0.4, 0.5) is 29.2 Å². The lowest BCUT2D eigenvalue weighted by atomic mass is 10.0. The van der Waals surface area contributed by atoms with Gasteiger partial charge in [-0.2, -0.15) is 17.6 Å². The molecule has 1 saturated carbocycles. The highest BCUT2D eigenvalue weighted by Gasteiger charge is 2.35. The van der Waals surface area contributed by atoms with Crippen molar-refractivity contribution in [1.82, 2.24) is 9.97 Å². The molecule has 1 atom stereocenters. The van der Waals surface area contributed by atoms with Gasteiger partial charge in [-0.25, -0.2) is 9.97 Å². The van der Waals surface area contributed by atoms with E-state index >= 15 is 4.39 Å². The van der Waals surface area contributed by atoms with Gasteiger partial charge in [0, 0.05) is 6.54 Å². The van der Waals surface area contributed by atoms with E-state index in [0.29, 0.717) is 5.56 Å². The molecule has 34 heavy (non-hydrogen) atoms. The summed E-state index contributed by atoms with van der Waals surface area (Å²) in [4.78, 5) is 19.0. The van der Waals surface area contributed by atoms with Gasteiger partial charge in [0.05, 0.1) is 18.0 Å². The molecular formula is C24H23F4N5O. The number of halogens is 4. The fourth-order valence-corrected chi connectivity index (χ4v) is 3.69. The third-order valence-electron chi connectivity index (χ3n) is 5.63. The molecular weight excluding hydrogens is 450 g/mol. The van der Waals surface area contributed by atoms with E-state index in [1.807, 2.05) is 0 Å². The van der Waals surface area contributed by atoms with Crippen LogP contribution in [0.25, 0.3) is 0 Å². The van der Waals surface area contributed by atoms with Gasteiger partial charge in [-0.1, -0.05) is 36.4 Å². The zero-order valence-electron chi connectivity index (χ0n) is 18.1. The van der Waals surface area contributed by atoms with Crippen LogP contribution in [0.5, 0.6) is 0 Å². The van der Waals surface area contributed by atoms with E-state index in [0.717, 1.165) is 36.1 Å². The number of nitrogens with two attached hydrogens (primary N) is 1. The van der Waals surface area contributed by atoms with Crippen molar-refractivity contribution < 1.29 is 22.4 Å². The van der Waals surface area contributed by atoms with Crippen LogP contribution < -0.4 is 16.4 Å². The van der Waals surface area contributed by atoms with Gasteiger partial charge in [-0.3, -0.25) is 4.79 Å². The Morgan fingerprint density at radius 3 is 2.21 bits per heavy atom. The topological polar surface area (TPSA) is 92.9 Å². The highest BCUT2D eigenvalue weighted by molar-refractivity contribution is 5.76. The highest BCUT2D eigenvalue weighted by atomic mass is 19.4. The Bertz CT molecular complexity index is 1150. The first kappa shape index (κ1) is 23.5. The summed E-state index contributed by atoms with van der Waals surface area (Å²) in [6.45, 7) is 0.287. The maximum absolute atomic E-state index is 15.1. The number of aromatic nitrogens is 2. The molecule has 6 nitrogen and oxygen atoms in total. The smallest absolute Gasteiger partial charge is 0.369 e. The quantitative estimate of drug-likeness (QED) is 0.387. The number of amides is 1. The molecule has 0 bridgehead atoms. The number of nitrogens with zero attached hydrogens (tertiary/aromatic N) is 2. The lowest BCUT2D eigenvalue weighted by Crippen LogP contribution is -2.17. The summed E-state index contributed by atoms with van der Waals surface area (Å²) in [5.74, 6) is -0.937. The number of nitrogens with one attached hydrogen (secondary N) is 2. The summed E-state index contributed by atoms with van der Waals surface area (Å²) in [7, 11) is 0. The summed E-state index contributed by atoms with van der Waals surface area (Å²) in [5, 5.41) is 5.99. The first-order valence-electron chi connectivity index (χ1n) is 10.7. The van der Waals surface area contributed by atoms with E-state index in [4.69, 9.17) is 5.73 Å². The molecule has 0 spiro atoms. The Kier molecular flexibility index (Phi) is 6.67. The van der Waals surface area contributed by atoms with Gasteiger partial charge in [0.25, 0.3) is 0 Å². The van der Waals surface area contributed by atoms with Crippen LogP contribution >= 0.6 is 0 Å². The molecule has 3 aromatic rings. The molecule has 1 aliphatic rings. The number of hydrogen-bond acceptors (Lipinski definition) is 5. The summed E-state index contributed by atoms with van der Waals surface area (Å²) in [5.41, 5.74) is 6.73. The van der Waals surface area contributed by atoms with Gasteiger partial charge >= 0.3 is 6.18 Å². The van der Waals surface area contributed by atoms with Crippen LogP contribution in [0.1, 0.15) is 41.1 Å².